The van der Waals surface area contributed by atoms with Crippen LogP contribution in [-0.2, 0) is 16.6 Å². The molecular formula is C16H18N4O2S2. The minimum atomic E-state index is -3.56. The van der Waals surface area contributed by atoms with Gasteiger partial charge in [-0.15, -0.1) is 11.3 Å². The van der Waals surface area contributed by atoms with Crippen LogP contribution in [-0.4, -0.2) is 23.4 Å². The molecule has 0 radical (unpaired) electrons. The van der Waals surface area contributed by atoms with Crippen molar-refractivity contribution in [1.29, 1.82) is 0 Å². The molecule has 1 aromatic carbocycles. The number of sulfonamides is 1. The monoisotopic (exact) mass is 362 g/mol. The molecule has 126 valence electrons. The smallest absolute Gasteiger partial charge is 0.207 e. The second-order valence-corrected chi connectivity index (χ2v) is 8.65. The molecule has 0 spiro atoms. The molecular weight excluding hydrogens is 344 g/mol. The predicted octanol–water partition coefficient (Wildman–Crippen LogP) is 2.73. The van der Waals surface area contributed by atoms with Crippen molar-refractivity contribution in [1.82, 2.24) is 19.7 Å². The summed E-state index contributed by atoms with van der Waals surface area (Å²) in [6.45, 7) is 5.63. The molecule has 1 N–H and O–H groups in total. The molecule has 8 heteroatoms. The summed E-state index contributed by atoms with van der Waals surface area (Å²) in [5.41, 5.74) is 2.13. The molecule has 24 heavy (non-hydrogen) atoms. The number of aromatic nitrogens is 3. The highest BCUT2D eigenvalue weighted by atomic mass is 32.2. The van der Waals surface area contributed by atoms with Gasteiger partial charge < -0.3 is 0 Å². The normalized spacial score (nSPS) is 11.8. The van der Waals surface area contributed by atoms with Gasteiger partial charge in [-0.05, 0) is 39.0 Å². The fourth-order valence-corrected chi connectivity index (χ4v) is 4.90. The van der Waals surface area contributed by atoms with Crippen LogP contribution in [0.25, 0.3) is 5.69 Å². The highest BCUT2D eigenvalue weighted by molar-refractivity contribution is 7.89. The van der Waals surface area contributed by atoms with E-state index in [2.05, 4.69) is 14.9 Å². The molecule has 0 unspecified atom stereocenters. The largest absolute Gasteiger partial charge is 0.242 e. The number of nitrogens with one attached hydrogen (secondary N) is 1. The second kappa shape index (κ2) is 6.46. The van der Waals surface area contributed by atoms with Crippen LogP contribution in [0.4, 0.5) is 0 Å². The van der Waals surface area contributed by atoms with Crippen molar-refractivity contribution in [2.75, 3.05) is 0 Å². The molecule has 0 atom stereocenters. The lowest BCUT2D eigenvalue weighted by molar-refractivity contribution is 0.579. The van der Waals surface area contributed by atoms with E-state index in [1.807, 2.05) is 51.1 Å². The van der Waals surface area contributed by atoms with Crippen LogP contribution in [0, 0.1) is 20.8 Å². The molecule has 0 bridgehead atoms. The average Bonchev–Trinajstić information content (AvgIpc) is 3.09. The fourth-order valence-electron chi connectivity index (χ4n) is 2.36. The lowest BCUT2D eigenvalue weighted by atomic mass is 10.3. The van der Waals surface area contributed by atoms with Crippen molar-refractivity contribution in [3.63, 3.8) is 0 Å². The first-order valence-electron chi connectivity index (χ1n) is 7.42. The number of benzene rings is 1. The zero-order chi connectivity index (χ0) is 17.3. The van der Waals surface area contributed by atoms with E-state index in [-0.39, 0.29) is 6.54 Å². The first-order chi connectivity index (χ1) is 11.4. The summed E-state index contributed by atoms with van der Waals surface area (Å²) >= 11 is 1.47. The third-order valence-electron chi connectivity index (χ3n) is 3.58. The van der Waals surface area contributed by atoms with Crippen LogP contribution in [0.1, 0.15) is 21.1 Å². The molecule has 0 amide bonds. The van der Waals surface area contributed by atoms with E-state index in [9.17, 15) is 8.42 Å². The van der Waals surface area contributed by atoms with Crippen LogP contribution in [0.5, 0.6) is 0 Å². The molecule has 0 aliphatic heterocycles. The van der Waals surface area contributed by atoms with Gasteiger partial charge in [-0.1, -0.05) is 18.2 Å². The second-order valence-electron chi connectivity index (χ2n) is 5.46. The summed E-state index contributed by atoms with van der Waals surface area (Å²) in [7, 11) is -3.56. The minimum Gasteiger partial charge on any atom is -0.207 e. The Hall–Kier alpha value is -2.03. The molecule has 0 aliphatic carbocycles. The van der Waals surface area contributed by atoms with Crippen LogP contribution in [0.3, 0.4) is 0 Å². The van der Waals surface area contributed by atoms with Crippen molar-refractivity contribution >= 4 is 21.4 Å². The van der Waals surface area contributed by atoms with Crippen LogP contribution < -0.4 is 4.72 Å². The van der Waals surface area contributed by atoms with Gasteiger partial charge in [-0.25, -0.2) is 13.1 Å². The average molecular weight is 362 g/mol. The summed E-state index contributed by atoms with van der Waals surface area (Å²) < 4.78 is 27.6. The predicted molar refractivity (Wildman–Crippen MR) is 93.9 cm³/mol. The minimum absolute atomic E-state index is 0.106. The van der Waals surface area contributed by atoms with Gasteiger partial charge in [0.25, 0.3) is 0 Å². The topological polar surface area (TPSA) is 76.9 Å². The zero-order valence-corrected chi connectivity index (χ0v) is 15.3. The SMILES string of the molecule is Cc1cc(S(=O)(=O)NCc2nn(-c3ccccc3)nc2C)c(C)s1. The van der Waals surface area contributed by atoms with Crippen molar-refractivity contribution in [3.8, 4) is 5.69 Å². The molecule has 2 heterocycles. The maximum absolute atomic E-state index is 12.5. The van der Waals surface area contributed by atoms with Gasteiger partial charge in [0.15, 0.2) is 0 Å². The molecule has 3 rings (SSSR count). The summed E-state index contributed by atoms with van der Waals surface area (Å²) in [5.74, 6) is 0. The summed E-state index contributed by atoms with van der Waals surface area (Å²) in [6.07, 6.45) is 0. The molecule has 6 nitrogen and oxygen atoms in total. The Balaban J connectivity index is 1.80. The first-order valence-corrected chi connectivity index (χ1v) is 9.72. The number of nitrogens with zero attached hydrogens (tertiary/aromatic N) is 3. The lowest BCUT2D eigenvalue weighted by Gasteiger charge is -2.04. The Bertz CT molecular complexity index is 959. The van der Waals surface area contributed by atoms with E-state index in [1.54, 1.807) is 6.07 Å². The van der Waals surface area contributed by atoms with Gasteiger partial charge in [0.05, 0.1) is 22.8 Å². The van der Waals surface area contributed by atoms with Crippen LogP contribution >= 0.6 is 11.3 Å². The lowest BCUT2D eigenvalue weighted by Crippen LogP contribution is -2.24. The van der Waals surface area contributed by atoms with Crippen molar-refractivity contribution in [2.45, 2.75) is 32.2 Å². The Labute approximate surface area is 145 Å². The molecule has 0 saturated heterocycles. The van der Waals surface area contributed by atoms with E-state index >= 15 is 0 Å². The molecule has 0 saturated carbocycles. The van der Waals surface area contributed by atoms with E-state index in [4.69, 9.17) is 0 Å². The number of rotatable bonds is 5. The number of aryl methyl sites for hydroxylation is 3. The van der Waals surface area contributed by atoms with Gasteiger partial charge in [-0.3, -0.25) is 0 Å². The highest BCUT2D eigenvalue weighted by Gasteiger charge is 2.20. The highest BCUT2D eigenvalue weighted by Crippen LogP contribution is 2.24. The standard InChI is InChI=1S/C16H18N4O2S2/c1-11-9-16(13(3)23-11)24(21,22)17-10-15-12(2)18-20(19-15)14-7-5-4-6-8-14/h4-9,17H,10H2,1-3H3. The Morgan fingerprint density at radius 2 is 1.83 bits per heavy atom. The van der Waals surface area contributed by atoms with E-state index in [0.29, 0.717) is 16.3 Å². The van der Waals surface area contributed by atoms with Crippen molar-refractivity contribution in [2.24, 2.45) is 0 Å². The molecule has 2 aromatic heterocycles. The molecule has 3 aromatic rings. The van der Waals surface area contributed by atoms with Crippen molar-refractivity contribution in [3.05, 3.63) is 57.5 Å². The van der Waals surface area contributed by atoms with E-state index in [0.717, 1.165) is 15.4 Å². The van der Waals surface area contributed by atoms with Gasteiger partial charge in [0, 0.05) is 9.75 Å². The zero-order valence-electron chi connectivity index (χ0n) is 13.6. The Morgan fingerprint density at radius 1 is 1.12 bits per heavy atom. The summed E-state index contributed by atoms with van der Waals surface area (Å²) in [4.78, 5) is 3.60. The van der Waals surface area contributed by atoms with E-state index in [1.165, 1.54) is 16.1 Å². The fraction of sp³-hybridized carbons (Fsp3) is 0.250. The van der Waals surface area contributed by atoms with E-state index < -0.39 is 10.0 Å². The van der Waals surface area contributed by atoms with Gasteiger partial charge in [0.2, 0.25) is 10.0 Å². The van der Waals surface area contributed by atoms with Crippen LogP contribution in [0.2, 0.25) is 0 Å². The number of hydrogen-bond donors (Lipinski definition) is 1. The maximum atomic E-state index is 12.5. The molecule has 0 fully saturated rings. The number of hydrogen-bond acceptors (Lipinski definition) is 5. The van der Waals surface area contributed by atoms with Gasteiger partial charge >= 0.3 is 0 Å². The summed E-state index contributed by atoms with van der Waals surface area (Å²) in [6, 6.07) is 11.2. The third-order valence-corrected chi connectivity index (χ3v) is 6.20. The number of thiophene rings is 1. The Kier molecular flexibility index (Phi) is 4.53. The summed E-state index contributed by atoms with van der Waals surface area (Å²) in [5, 5.41) is 8.73. The third kappa shape index (κ3) is 3.40. The van der Waals surface area contributed by atoms with Gasteiger partial charge in [0.1, 0.15) is 5.69 Å². The first kappa shape index (κ1) is 16.8. The quantitative estimate of drug-likeness (QED) is 0.757. The maximum Gasteiger partial charge on any atom is 0.242 e. The van der Waals surface area contributed by atoms with Crippen LogP contribution in [0.15, 0.2) is 41.3 Å². The molecule has 0 aliphatic rings. The van der Waals surface area contributed by atoms with Gasteiger partial charge in [-0.2, -0.15) is 15.0 Å². The number of para-hydroxylation sites is 1. The van der Waals surface area contributed by atoms with Crippen molar-refractivity contribution < 1.29 is 8.42 Å². The Morgan fingerprint density at radius 3 is 2.46 bits per heavy atom.